The molecule has 5 heteroatoms. The summed E-state index contributed by atoms with van der Waals surface area (Å²) in [7, 11) is 3.34. The molecule has 0 amide bonds. The molecule has 2 unspecified atom stereocenters. The van der Waals surface area contributed by atoms with Crippen LogP contribution in [0.2, 0.25) is 0 Å². The summed E-state index contributed by atoms with van der Waals surface area (Å²) in [6.07, 6.45) is 0. The molecule has 1 aromatic rings. The molecule has 0 aliphatic carbocycles. The highest BCUT2D eigenvalue weighted by Gasteiger charge is 2.16. The molecule has 0 fully saturated rings. The van der Waals surface area contributed by atoms with Crippen LogP contribution in [0.15, 0.2) is 18.2 Å². The van der Waals surface area contributed by atoms with E-state index in [0.29, 0.717) is 5.92 Å². The van der Waals surface area contributed by atoms with Gasteiger partial charge in [0.2, 0.25) is 0 Å². The lowest BCUT2D eigenvalue weighted by atomic mass is 10.1. The van der Waals surface area contributed by atoms with Crippen molar-refractivity contribution in [1.82, 2.24) is 5.32 Å². The summed E-state index contributed by atoms with van der Waals surface area (Å²) in [5.74, 6) is 3.87. The quantitative estimate of drug-likeness (QED) is 0.695. The average molecular weight is 313 g/mol. The van der Waals surface area contributed by atoms with Crippen molar-refractivity contribution in [3.8, 4) is 11.5 Å². The van der Waals surface area contributed by atoms with E-state index in [1.54, 1.807) is 14.2 Å². The maximum atomic E-state index is 9.10. The van der Waals surface area contributed by atoms with E-state index in [0.717, 1.165) is 35.1 Å². The van der Waals surface area contributed by atoms with Gasteiger partial charge in [-0.2, -0.15) is 11.8 Å². The Bertz CT molecular complexity index is 415. The van der Waals surface area contributed by atoms with Crippen molar-refractivity contribution in [2.45, 2.75) is 19.9 Å². The molecule has 4 nitrogen and oxygen atoms in total. The number of methoxy groups -OCH3 is 2. The van der Waals surface area contributed by atoms with Crippen molar-refractivity contribution in [3.63, 3.8) is 0 Å². The van der Waals surface area contributed by atoms with Crippen LogP contribution in [-0.4, -0.2) is 44.0 Å². The van der Waals surface area contributed by atoms with Crippen LogP contribution < -0.4 is 14.8 Å². The van der Waals surface area contributed by atoms with Gasteiger partial charge in [-0.3, -0.25) is 0 Å². The van der Waals surface area contributed by atoms with Gasteiger partial charge in [0.05, 0.1) is 14.2 Å². The van der Waals surface area contributed by atoms with Crippen molar-refractivity contribution in [3.05, 3.63) is 23.8 Å². The monoisotopic (exact) mass is 313 g/mol. The first kappa shape index (κ1) is 18.1. The lowest BCUT2D eigenvalue weighted by molar-refractivity contribution is 0.250. The smallest absolute Gasteiger partial charge is 0.127 e. The molecule has 0 saturated heterocycles. The van der Waals surface area contributed by atoms with Gasteiger partial charge in [-0.15, -0.1) is 0 Å². The molecule has 0 spiro atoms. The third-order valence-corrected chi connectivity index (χ3v) is 4.64. The molecule has 0 aromatic heterocycles. The van der Waals surface area contributed by atoms with Gasteiger partial charge >= 0.3 is 0 Å². The highest BCUT2D eigenvalue weighted by Crippen LogP contribution is 2.31. The Morgan fingerprint density at radius 2 is 2.00 bits per heavy atom. The second-order valence-corrected chi connectivity index (χ2v) is 6.12. The number of hydrogen-bond donors (Lipinski definition) is 2. The van der Waals surface area contributed by atoms with Gasteiger partial charge < -0.3 is 19.9 Å². The van der Waals surface area contributed by atoms with Crippen LogP contribution in [0.4, 0.5) is 0 Å². The minimum atomic E-state index is 0.228. The maximum Gasteiger partial charge on any atom is 0.127 e. The predicted octanol–water partition coefficient (Wildman–Crippen LogP) is 2.72. The maximum absolute atomic E-state index is 9.10. The van der Waals surface area contributed by atoms with E-state index in [-0.39, 0.29) is 12.6 Å². The van der Waals surface area contributed by atoms with E-state index in [1.807, 2.05) is 23.9 Å². The largest absolute Gasteiger partial charge is 0.497 e. The first-order valence-corrected chi connectivity index (χ1v) is 8.45. The summed E-state index contributed by atoms with van der Waals surface area (Å²) in [6.45, 7) is 5.30. The minimum Gasteiger partial charge on any atom is -0.497 e. The van der Waals surface area contributed by atoms with Crippen LogP contribution in [0.5, 0.6) is 11.5 Å². The molecule has 2 N–H and O–H groups in total. The molecule has 0 aliphatic heterocycles. The van der Waals surface area contributed by atoms with E-state index in [4.69, 9.17) is 14.6 Å². The van der Waals surface area contributed by atoms with Crippen LogP contribution in [0, 0.1) is 5.92 Å². The molecule has 0 heterocycles. The lowest BCUT2D eigenvalue weighted by Gasteiger charge is -2.21. The summed E-state index contributed by atoms with van der Waals surface area (Å²) in [5, 5.41) is 12.6. The van der Waals surface area contributed by atoms with Crippen LogP contribution in [0.25, 0.3) is 0 Å². The number of aliphatic hydroxyl groups excluding tert-OH is 1. The van der Waals surface area contributed by atoms with Crippen molar-refractivity contribution in [1.29, 1.82) is 0 Å². The molecule has 120 valence electrons. The standard InChI is InChI=1S/C16H27NO3S/c1-5-17-15(11-21-10-12(2)9-18)14-7-6-13(19-3)8-16(14)20-4/h6-8,12,15,17-18H,5,9-11H2,1-4H3. The average Bonchev–Trinajstić information content (AvgIpc) is 2.53. The Balaban J connectivity index is 2.79. The predicted molar refractivity (Wildman–Crippen MR) is 89.5 cm³/mol. The molecule has 1 rings (SSSR count). The van der Waals surface area contributed by atoms with Gasteiger partial charge in [-0.1, -0.05) is 19.9 Å². The lowest BCUT2D eigenvalue weighted by Crippen LogP contribution is -2.24. The third-order valence-electron chi connectivity index (χ3n) is 3.27. The van der Waals surface area contributed by atoms with Crippen LogP contribution in [-0.2, 0) is 0 Å². The van der Waals surface area contributed by atoms with Crippen LogP contribution in [0.1, 0.15) is 25.5 Å². The van der Waals surface area contributed by atoms with E-state index >= 15 is 0 Å². The second kappa shape index (κ2) is 9.92. The zero-order chi connectivity index (χ0) is 15.7. The summed E-state index contributed by atoms with van der Waals surface area (Å²) >= 11 is 1.85. The van der Waals surface area contributed by atoms with Gasteiger partial charge in [-0.05, 0) is 24.3 Å². The molecular formula is C16H27NO3S. The highest BCUT2D eigenvalue weighted by molar-refractivity contribution is 7.99. The number of nitrogens with one attached hydrogen (secondary N) is 1. The van der Waals surface area contributed by atoms with Gasteiger partial charge in [0, 0.05) is 30.0 Å². The van der Waals surface area contributed by atoms with Crippen molar-refractivity contribution < 1.29 is 14.6 Å². The normalized spacial score (nSPS) is 13.8. The van der Waals surface area contributed by atoms with Crippen molar-refractivity contribution >= 4 is 11.8 Å². The SMILES string of the molecule is CCNC(CSCC(C)CO)c1ccc(OC)cc1OC. The number of hydrogen-bond acceptors (Lipinski definition) is 5. The van der Waals surface area contributed by atoms with E-state index in [2.05, 4.69) is 25.2 Å². The Morgan fingerprint density at radius 1 is 1.24 bits per heavy atom. The molecule has 21 heavy (non-hydrogen) atoms. The number of ether oxygens (including phenoxy) is 2. The van der Waals surface area contributed by atoms with Gasteiger partial charge in [-0.25, -0.2) is 0 Å². The fourth-order valence-electron chi connectivity index (χ4n) is 2.05. The van der Waals surface area contributed by atoms with Crippen LogP contribution >= 0.6 is 11.8 Å². The fraction of sp³-hybridized carbons (Fsp3) is 0.625. The molecule has 2 atom stereocenters. The van der Waals surface area contributed by atoms with Gasteiger partial charge in [0.15, 0.2) is 0 Å². The van der Waals surface area contributed by atoms with E-state index in [9.17, 15) is 0 Å². The van der Waals surface area contributed by atoms with Gasteiger partial charge in [0.1, 0.15) is 11.5 Å². The number of rotatable bonds is 10. The van der Waals surface area contributed by atoms with E-state index in [1.165, 1.54) is 0 Å². The summed E-state index contributed by atoms with van der Waals surface area (Å²) < 4.78 is 10.7. The molecule has 0 radical (unpaired) electrons. The zero-order valence-electron chi connectivity index (χ0n) is 13.4. The Morgan fingerprint density at radius 3 is 2.57 bits per heavy atom. The first-order valence-electron chi connectivity index (χ1n) is 7.30. The molecule has 0 saturated carbocycles. The Hall–Kier alpha value is -0.910. The minimum absolute atomic E-state index is 0.228. The topological polar surface area (TPSA) is 50.7 Å². The Labute approximate surface area is 132 Å². The van der Waals surface area contributed by atoms with Crippen molar-refractivity contribution in [2.75, 3.05) is 38.9 Å². The second-order valence-electron chi connectivity index (χ2n) is 5.04. The number of benzene rings is 1. The fourth-order valence-corrected chi connectivity index (χ4v) is 3.23. The third kappa shape index (κ3) is 5.77. The first-order chi connectivity index (χ1) is 10.2. The number of thioether (sulfide) groups is 1. The zero-order valence-corrected chi connectivity index (χ0v) is 14.2. The summed E-state index contributed by atoms with van der Waals surface area (Å²) in [6, 6.07) is 6.16. The van der Waals surface area contributed by atoms with Crippen LogP contribution in [0.3, 0.4) is 0 Å². The number of aliphatic hydroxyl groups is 1. The molecule has 1 aromatic carbocycles. The Kier molecular flexibility index (Phi) is 8.57. The summed E-state index contributed by atoms with van der Waals surface area (Å²) in [4.78, 5) is 0. The highest BCUT2D eigenvalue weighted by atomic mass is 32.2. The van der Waals surface area contributed by atoms with Crippen molar-refractivity contribution in [2.24, 2.45) is 5.92 Å². The molecule has 0 bridgehead atoms. The molecule has 0 aliphatic rings. The summed E-state index contributed by atoms with van der Waals surface area (Å²) in [5.41, 5.74) is 1.14. The van der Waals surface area contributed by atoms with E-state index < -0.39 is 0 Å². The molecular weight excluding hydrogens is 286 g/mol. The van der Waals surface area contributed by atoms with Gasteiger partial charge in [0.25, 0.3) is 0 Å².